The predicted octanol–water partition coefficient (Wildman–Crippen LogP) is 3.02. The summed E-state index contributed by atoms with van der Waals surface area (Å²) in [6.45, 7) is 0. The molecule has 1 rings (SSSR count). The maximum absolute atomic E-state index is 12.9. The van der Waals surface area contributed by atoms with Gasteiger partial charge in [0.15, 0.2) is 11.5 Å². The highest BCUT2D eigenvalue weighted by Gasteiger charge is 2.71. The Balaban J connectivity index is 3.72. The van der Waals surface area contributed by atoms with Crippen LogP contribution >= 0.6 is 0 Å². The van der Waals surface area contributed by atoms with Crippen molar-refractivity contribution in [2.24, 2.45) is 0 Å². The molecule has 0 bridgehead atoms. The molecule has 1 N–H and O–H groups in total. The molecule has 0 radical (unpaired) electrons. The fourth-order valence-electron chi connectivity index (χ4n) is 1.78. The van der Waals surface area contributed by atoms with E-state index in [1.165, 1.54) is 0 Å². The summed E-state index contributed by atoms with van der Waals surface area (Å²) in [5, 5.41) is 9.36. The van der Waals surface area contributed by atoms with E-state index in [1.54, 1.807) is 0 Å². The average Bonchev–Trinajstić information content (AvgIpc) is 2.42. The van der Waals surface area contributed by atoms with Crippen molar-refractivity contribution in [3.05, 3.63) is 17.7 Å². The molecule has 0 aliphatic carbocycles. The second-order valence-electron chi connectivity index (χ2n) is 4.12. The SMILES string of the molecule is COc1cc(C(O)(C(F)(F)F)C(F)(F)F)cc(OC)c1OC. The quantitative estimate of drug-likeness (QED) is 0.860. The lowest BCUT2D eigenvalue weighted by atomic mass is 9.91. The van der Waals surface area contributed by atoms with Crippen molar-refractivity contribution in [2.45, 2.75) is 18.0 Å². The summed E-state index contributed by atoms with van der Waals surface area (Å²) in [7, 11) is 3.16. The normalized spacial score (nSPS) is 13.0. The molecule has 0 heterocycles. The summed E-state index contributed by atoms with van der Waals surface area (Å²) in [6.07, 6.45) is -12.0. The van der Waals surface area contributed by atoms with Crippen LogP contribution in [0.2, 0.25) is 0 Å². The van der Waals surface area contributed by atoms with E-state index < -0.39 is 35.0 Å². The molecule has 0 saturated carbocycles. The van der Waals surface area contributed by atoms with Gasteiger partial charge in [0.25, 0.3) is 5.60 Å². The zero-order valence-corrected chi connectivity index (χ0v) is 11.6. The lowest BCUT2D eigenvalue weighted by Crippen LogP contribution is -2.53. The summed E-state index contributed by atoms with van der Waals surface area (Å²) < 4.78 is 91.3. The third-order valence-electron chi connectivity index (χ3n) is 2.90. The van der Waals surface area contributed by atoms with Gasteiger partial charge in [-0.2, -0.15) is 26.3 Å². The van der Waals surface area contributed by atoms with Crippen LogP contribution in [0.1, 0.15) is 5.56 Å². The highest BCUT2D eigenvalue weighted by atomic mass is 19.4. The molecule has 126 valence electrons. The van der Waals surface area contributed by atoms with Crippen LogP contribution in [-0.4, -0.2) is 38.8 Å². The largest absolute Gasteiger partial charge is 0.493 e. The predicted molar refractivity (Wildman–Crippen MR) is 62.1 cm³/mol. The van der Waals surface area contributed by atoms with Gasteiger partial charge >= 0.3 is 12.4 Å². The number of hydrogen-bond acceptors (Lipinski definition) is 4. The third kappa shape index (κ3) is 2.74. The molecular formula is C12H12F6O4. The summed E-state index contributed by atoms with van der Waals surface area (Å²) in [5.74, 6) is -1.12. The van der Waals surface area contributed by atoms with Gasteiger partial charge in [-0.25, -0.2) is 0 Å². The molecular weight excluding hydrogens is 322 g/mol. The average molecular weight is 334 g/mol. The minimum absolute atomic E-state index is 0.208. The fraction of sp³-hybridized carbons (Fsp3) is 0.500. The first-order valence-electron chi connectivity index (χ1n) is 5.60. The van der Waals surface area contributed by atoms with E-state index in [2.05, 4.69) is 9.47 Å². The van der Waals surface area contributed by atoms with Crippen LogP contribution in [0.25, 0.3) is 0 Å². The number of halogens is 6. The molecule has 0 aliphatic heterocycles. The van der Waals surface area contributed by atoms with Gasteiger partial charge < -0.3 is 19.3 Å². The summed E-state index contributed by atoms with van der Waals surface area (Å²) in [5.41, 5.74) is -6.57. The minimum Gasteiger partial charge on any atom is -0.493 e. The van der Waals surface area contributed by atoms with Gasteiger partial charge in [0.2, 0.25) is 5.75 Å². The molecule has 4 nitrogen and oxygen atoms in total. The lowest BCUT2D eigenvalue weighted by molar-refractivity contribution is -0.376. The third-order valence-corrected chi connectivity index (χ3v) is 2.90. The van der Waals surface area contributed by atoms with Crippen LogP contribution in [0.3, 0.4) is 0 Å². The van der Waals surface area contributed by atoms with E-state index in [0.29, 0.717) is 12.1 Å². The number of benzene rings is 1. The fourth-order valence-corrected chi connectivity index (χ4v) is 1.78. The molecule has 0 fully saturated rings. The van der Waals surface area contributed by atoms with Crippen molar-refractivity contribution >= 4 is 0 Å². The Morgan fingerprint density at radius 2 is 1.14 bits per heavy atom. The molecule has 0 aliphatic rings. The zero-order valence-electron chi connectivity index (χ0n) is 11.6. The number of hydrogen-bond donors (Lipinski definition) is 1. The molecule has 0 spiro atoms. The van der Waals surface area contributed by atoms with Gasteiger partial charge in [-0.1, -0.05) is 0 Å². The first-order valence-corrected chi connectivity index (χ1v) is 5.60. The zero-order chi connectivity index (χ0) is 17.3. The second-order valence-corrected chi connectivity index (χ2v) is 4.12. The monoisotopic (exact) mass is 334 g/mol. The molecule has 0 unspecified atom stereocenters. The van der Waals surface area contributed by atoms with Gasteiger partial charge in [0.1, 0.15) is 0 Å². The van der Waals surface area contributed by atoms with E-state index in [1.807, 2.05) is 0 Å². The number of aliphatic hydroxyl groups is 1. The van der Waals surface area contributed by atoms with Gasteiger partial charge in [0, 0.05) is 5.56 Å². The van der Waals surface area contributed by atoms with Crippen molar-refractivity contribution in [3.63, 3.8) is 0 Å². The Bertz CT molecular complexity index is 498. The number of alkyl halides is 6. The Morgan fingerprint density at radius 1 is 0.773 bits per heavy atom. The maximum Gasteiger partial charge on any atom is 0.430 e. The van der Waals surface area contributed by atoms with Crippen molar-refractivity contribution in [1.82, 2.24) is 0 Å². The Kier molecular flexibility index (Phi) is 4.76. The van der Waals surface area contributed by atoms with Crippen LogP contribution in [0, 0.1) is 0 Å². The van der Waals surface area contributed by atoms with Gasteiger partial charge in [-0.3, -0.25) is 0 Å². The Labute approximate surface area is 121 Å². The topological polar surface area (TPSA) is 47.9 Å². The van der Waals surface area contributed by atoms with E-state index >= 15 is 0 Å². The van der Waals surface area contributed by atoms with E-state index in [0.717, 1.165) is 21.3 Å². The van der Waals surface area contributed by atoms with Crippen LogP contribution in [0.4, 0.5) is 26.3 Å². The highest BCUT2D eigenvalue weighted by molar-refractivity contribution is 5.55. The number of ether oxygens (including phenoxy) is 3. The molecule has 1 aromatic rings. The van der Waals surface area contributed by atoms with E-state index in [4.69, 9.17) is 4.74 Å². The molecule has 0 saturated heterocycles. The van der Waals surface area contributed by atoms with Crippen molar-refractivity contribution in [2.75, 3.05) is 21.3 Å². The van der Waals surface area contributed by atoms with E-state index in [-0.39, 0.29) is 5.75 Å². The van der Waals surface area contributed by atoms with Crippen molar-refractivity contribution in [3.8, 4) is 17.2 Å². The molecule has 0 atom stereocenters. The summed E-state index contributed by atoms with van der Waals surface area (Å²) in [6, 6.07) is 0.782. The molecule has 22 heavy (non-hydrogen) atoms. The van der Waals surface area contributed by atoms with E-state index in [9.17, 15) is 31.4 Å². The molecule has 0 amide bonds. The summed E-state index contributed by atoms with van der Waals surface area (Å²) >= 11 is 0. The lowest BCUT2D eigenvalue weighted by Gasteiger charge is -2.33. The first-order chi connectivity index (χ1) is 9.93. The second kappa shape index (κ2) is 5.75. The van der Waals surface area contributed by atoms with Gasteiger partial charge in [-0.05, 0) is 12.1 Å². The molecule has 0 aromatic heterocycles. The van der Waals surface area contributed by atoms with Crippen LogP contribution in [-0.2, 0) is 5.60 Å². The smallest absolute Gasteiger partial charge is 0.430 e. The number of rotatable bonds is 4. The Hall–Kier alpha value is -1.84. The van der Waals surface area contributed by atoms with Crippen molar-refractivity contribution < 1.29 is 45.7 Å². The first kappa shape index (κ1) is 18.2. The molecule has 1 aromatic carbocycles. The highest BCUT2D eigenvalue weighted by Crippen LogP contribution is 2.52. The summed E-state index contributed by atoms with van der Waals surface area (Å²) in [4.78, 5) is 0. The van der Waals surface area contributed by atoms with Crippen LogP contribution in [0.15, 0.2) is 12.1 Å². The van der Waals surface area contributed by atoms with Crippen molar-refractivity contribution in [1.29, 1.82) is 0 Å². The Morgan fingerprint density at radius 3 is 1.36 bits per heavy atom. The minimum atomic E-state index is -6.00. The van der Waals surface area contributed by atoms with Gasteiger partial charge in [-0.15, -0.1) is 0 Å². The standard InChI is InChI=1S/C12H12F6O4/c1-20-7-4-6(5-8(21-2)9(7)22-3)10(19,11(13,14)15)12(16,17)18/h4-5,19H,1-3H3. The molecule has 10 heteroatoms. The maximum atomic E-state index is 12.9. The van der Waals surface area contributed by atoms with Crippen LogP contribution in [0.5, 0.6) is 17.2 Å². The van der Waals surface area contributed by atoms with Gasteiger partial charge in [0.05, 0.1) is 21.3 Å². The van der Waals surface area contributed by atoms with Crippen LogP contribution < -0.4 is 14.2 Å². The number of methoxy groups -OCH3 is 3.